The lowest BCUT2D eigenvalue weighted by Gasteiger charge is -2.50. The molecule has 1 aliphatic heterocycles. The van der Waals surface area contributed by atoms with Crippen LogP contribution in [-0.4, -0.2) is 102 Å². The van der Waals surface area contributed by atoms with E-state index in [9.17, 15) is 29.9 Å². The van der Waals surface area contributed by atoms with Gasteiger partial charge in [0.05, 0.1) is 31.3 Å². The Kier molecular flexibility index (Phi) is 14.7. The van der Waals surface area contributed by atoms with Crippen molar-refractivity contribution in [3.05, 3.63) is 93.5 Å². The molecule has 0 bridgehead atoms. The maximum Gasteiger partial charge on any atom is 0.270 e. The molecule has 0 unspecified atom stereocenters. The van der Waals surface area contributed by atoms with Gasteiger partial charge in [-0.1, -0.05) is 83.1 Å². The zero-order valence-corrected chi connectivity index (χ0v) is 35.5. The van der Waals surface area contributed by atoms with Crippen LogP contribution >= 0.6 is 0 Å². The molecular weight excluding hydrogens is 739 g/mol. The fraction of sp³-hybridized carbons (Fsp3) is 0.556. The third kappa shape index (κ3) is 10.1. The molecule has 13 nitrogen and oxygen atoms in total. The van der Waals surface area contributed by atoms with Crippen LogP contribution in [0.15, 0.2) is 66.7 Å². The second-order valence-electron chi connectivity index (χ2n) is 17.4. The molecule has 1 saturated carbocycles. The maximum absolute atomic E-state index is 14.3. The number of hydrogen-bond donors (Lipinski definition) is 4. The predicted molar refractivity (Wildman–Crippen MR) is 224 cm³/mol. The summed E-state index contributed by atoms with van der Waals surface area (Å²) in [5.41, 5.74) is 2.63. The number of ether oxygens (including phenoxy) is 1. The number of aryl methyl sites for hydroxylation is 1. The van der Waals surface area contributed by atoms with Crippen molar-refractivity contribution >= 4 is 17.5 Å². The van der Waals surface area contributed by atoms with Gasteiger partial charge in [0, 0.05) is 53.4 Å². The van der Waals surface area contributed by atoms with Gasteiger partial charge < -0.3 is 30.5 Å². The molecule has 2 amide bonds. The van der Waals surface area contributed by atoms with E-state index in [0.717, 1.165) is 18.4 Å². The maximum atomic E-state index is 14.3. The van der Waals surface area contributed by atoms with E-state index >= 15 is 0 Å². The number of aliphatic hydroxyl groups excluding tert-OH is 2. The lowest BCUT2D eigenvalue weighted by Crippen LogP contribution is -2.56. The third-order valence-electron chi connectivity index (χ3n) is 13.1. The van der Waals surface area contributed by atoms with Gasteiger partial charge in [-0.2, -0.15) is 5.06 Å². The lowest BCUT2D eigenvalue weighted by molar-refractivity contribution is -0.384. The van der Waals surface area contributed by atoms with Crippen molar-refractivity contribution in [1.82, 2.24) is 20.6 Å². The molecule has 3 aromatic carbocycles. The Morgan fingerprint density at radius 1 is 1.09 bits per heavy atom. The van der Waals surface area contributed by atoms with Crippen molar-refractivity contribution in [3.8, 4) is 16.9 Å². The molecule has 2 fully saturated rings. The number of non-ortho nitro benzene ring substituents is 1. The number of nitrogens with one attached hydrogen (secondary N) is 2. The number of benzene rings is 3. The number of nitrogens with zero attached hydrogens (tertiary/aromatic N) is 3. The minimum Gasteiger partial charge on any atom is -0.496 e. The average molecular weight is 802 g/mol. The molecule has 1 heterocycles. The van der Waals surface area contributed by atoms with Crippen molar-refractivity contribution in [2.24, 2.45) is 29.1 Å². The molecule has 9 atom stereocenters. The summed E-state index contributed by atoms with van der Waals surface area (Å²) in [6, 6.07) is 18.4. The average Bonchev–Trinajstić information content (AvgIpc) is 3.57. The SMILES string of the molecule is COc1c(CN2O[C@@H](CO)[C@@H]([C@H](C)O)[C@H]2C(=O)N[C@H]2C[C@@H](C)C(C)(C)[C@@H](C)[C@@H]2C)cccc1-c1cc(C(=O)N[C@@H](CCc2ccccc2)CN(C)C)cc([N+](=O)[O-])c1. The molecule has 2 aliphatic rings. The van der Waals surface area contributed by atoms with Gasteiger partial charge in [0.25, 0.3) is 11.6 Å². The summed E-state index contributed by atoms with van der Waals surface area (Å²) in [5.74, 6) is -0.164. The first-order valence-corrected chi connectivity index (χ1v) is 20.4. The van der Waals surface area contributed by atoms with Crippen molar-refractivity contribution in [2.75, 3.05) is 34.4 Å². The highest BCUT2D eigenvalue weighted by atomic mass is 16.7. The molecule has 1 aliphatic carbocycles. The topological polar surface area (TPSA) is 167 Å². The highest BCUT2D eigenvalue weighted by Gasteiger charge is 2.51. The quantitative estimate of drug-likeness (QED) is 0.102. The van der Waals surface area contributed by atoms with Gasteiger partial charge in [-0.25, -0.2) is 0 Å². The number of aliphatic hydroxyl groups is 2. The Balaban J connectivity index is 1.44. The smallest absolute Gasteiger partial charge is 0.270 e. The second-order valence-corrected chi connectivity index (χ2v) is 17.4. The van der Waals surface area contributed by atoms with Gasteiger partial charge in [0.1, 0.15) is 17.9 Å². The zero-order valence-electron chi connectivity index (χ0n) is 35.5. The first kappa shape index (κ1) is 44.7. The minimum absolute atomic E-state index is 0.0325. The molecule has 0 aromatic heterocycles. The highest BCUT2D eigenvalue weighted by Crippen LogP contribution is 2.47. The molecule has 5 rings (SSSR count). The van der Waals surface area contributed by atoms with Crippen molar-refractivity contribution < 1.29 is 34.3 Å². The van der Waals surface area contributed by atoms with E-state index in [1.807, 2.05) is 55.4 Å². The molecular formula is C45H63N5O8. The number of carbonyl (C=O) groups is 2. The summed E-state index contributed by atoms with van der Waals surface area (Å²) < 4.78 is 5.97. The molecule has 316 valence electrons. The summed E-state index contributed by atoms with van der Waals surface area (Å²) in [7, 11) is 5.35. The van der Waals surface area contributed by atoms with E-state index in [-0.39, 0.29) is 47.1 Å². The summed E-state index contributed by atoms with van der Waals surface area (Å²) in [5, 5.41) is 41.5. The first-order valence-electron chi connectivity index (χ1n) is 20.4. The van der Waals surface area contributed by atoms with Gasteiger partial charge in [-0.05, 0) is 80.6 Å². The van der Waals surface area contributed by atoms with Gasteiger partial charge in [-0.15, -0.1) is 0 Å². The number of nitro benzene ring substituents is 1. The number of amides is 2. The number of hydroxylamine groups is 2. The fourth-order valence-electron chi connectivity index (χ4n) is 8.96. The molecule has 0 radical (unpaired) electrons. The standard InChI is InChI=1S/C45H63N5O8/c1-27-20-38(28(2)29(3)45(27,5)6)47-44(54)41-40(30(4)52)39(26-51)58-49(41)24-32-16-13-17-37(42(32)57-9)33-21-34(23-36(22-33)50(55)56)43(53)46-35(25-48(7)8)19-18-31-14-11-10-12-15-31/h10-17,21-23,27-30,35,38-41,51-52H,18-20,24-26H2,1-9H3,(H,46,53)(H,47,54)/t27-,28+,29+,30+,35+,38+,39+,40-,41+/m1/s1. The monoisotopic (exact) mass is 801 g/mol. The van der Waals surface area contributed by atoms with Crippen molar-refractivity contribution in [2.45, 2.75) is 97.7 Å². The Hall–Kier alpha value is -4.40. The van der Waals surface area contributed by atoms with Crippen LogP contribution in [0.3, 0.4) is 0 Å². The van der Waals surface area contributed by atoms with E-state index in [1.165, 1.54) is 24.3 Å². The summed E-state index contributed by atoms with van der Waals surface area (Å²) in [6.45, 7) is 13.0. The second kappa shape index (κ2) is 19.1. The number of likely N-dealkylation sites (N-methyl/N-ethyl adjacent to an activating group) is 1. The number of methoxy groups -OCH3 is 1. The van der Waals surface area contributed by atoms with Gasteiger partial charge in [0.15, 0.2) is 0 Å². The number of para-hydroxylation sites is 1. The summed E-state index contributed by atoms with van der Waals surface area (Å²) in [4.78, 5) is 48.1. The molecule has 1 saturated heterocycles. The highest BCUT2D eigenvalue weighted by molar-refractivity contribution is 5.97. The molecule has 4 N–H and O–H groups in total. The van der Waals surface area contributed by atoms with Crippen molar-refractivity contribution in [3.63, 3.8) is 0 Å². The first-order chi connectivity index (χ1) is 27.5. The van der Waals surface area contributed by atoms with E-state index < -0.39 is 41.6 Å². The van der Waals surface area contributed by atoms with Crippen LogP contribution < -0.4 is 15.4 Å². The molecule has 58 heavy (non-hydrogen) atoms. The largest absolute Gasteiger partial charge is 0.496 e. The van der Waals surface area contributed by atoms with E-state index in [2.05, 4.69) is 45.3 Å². The van der Waals surface area contributed by atoms with Crippen LogP contribution in [0.4, 0.5) is 5.69 Å². The van der Waals surface area contributed by atoms with E-state index in [0.29, 0.717) is 47.2 Å². The van der Waals surface area contributed by atoms with Gasteiger partial charge in [0.2, 0.25) is 5.91 Å². The zero-order chi connectivity index (χ0) is 42.5. The van der Waals surface area contributed by atoms with Crippen LogP contribution in [0.5, 0.6) is 5.75 Å². The van der Waals surface area contributed by atoms with Crippen LogP contribution in [0.1, 0.15) is 75.9 Å². The summed E-state index contributed by atoms with van der Waals surface area (Å²) in [6.07, 6.45) is 0.417. The van der Waals surface area contributed by atoms with Gasteiger partial charge >= 0.3 is 0 Å². The van der Waals surface area contributed by atoms with Crippen LogP contribution in [0, 0.1) is 39.2 Å². The van der Waals surface area contributed by atoms with Gasteiger partial charge in [-0.3, -0.25) is 24.5 Å². The summed E-state index contributed by atoms with van der Waals surface area (Å²) >= 11 is 0. The predicted octanol–water partition coefficient (Wildman–Crippen LogP) is 5.86. The molecule has 13 heteroatoms. The van der Waals surface area contributed by atoms with Crippen molar-refractivity contribution in [1.29, 1.82) is 0 Å². The van der Waals surface area contributed by atoms with Crippen LogP contribution in [-0.2, 0) is 22.6 Å². The number of carbonyl (C=O) groups excluding carboxylic acids is 2. The molecule has 3 aromatic rings. The molecule has 0 spiro atoms. The fourth-order valence-corrected chi connectivity index (χ4v) is 8.96. The number of rotatable bonds is 16. The van der Waals surface area contributed by atoms with Crippen LogP contribution in [0.2, 0.25) is 0 Å². The minimum atomic E-state index is -0.975. The Morgan fingerprint density at radius 3 is 2.41 bits per heavy atom. The Morgan fingerprint density at radius 2 is 1.79 bits per heavy atom. The number of nitro groups is 1. The Bertz CT molecular complexity index is 1890. The van der Waals surface area contributed by atoms with Crippen LogP contribution in [0.25, 0.3) is 11.1 Å². The van der Waals surface area contributed by atoms with E-state index in [1.54, 1.807) is 25.1 Å². The lowest BCUT2D eigenvalue weighted by atomic mass is 9.58. The number of hydrogen-bond acceptors (Lipinski definition) is 10. The Labute approximate surface area is 343 Å². The normalized spacial score (nSPS) is 25.6. The van der Waals surface area contributed by atoms with E-state index in [4.69, 9.17) is 9.57 Å². The third-order valence-corrected chi connectivity index (χ3v) is 13.1.